The average Bonchev–Trinajstić information content (AvgIpc) is 2.76. The van der Waals surface area contributed by atoms with E-state index < -0.39 is 0 Å². The van der Waals surface area contributed by atoms with Crippen molar-refractivity contribution in [3.8, 4) is 0 Å². The standard InChI is InChI=1S/C24H26N2S2/c1-27-23-15-13-19-9-3-5-11-21(19)25(23)17-7-8-18-26-22-12-6-4-10-20(22)14-16-24(26)28-2/h3-6,9-16H,7-8,17-18H2,1-2H3/q+2. The van der Waals surface area contributed by atoms with E-state index in [2.05, 4.69) is 94.4 Å². The molecule has 0 aliphatic heterocycles. The van der Waals surface area contributed by atoms with Crippen molar-refractivity contribution in [1.29, 1.82) is 0 Å². The lowest BCUT2D eigenvalue weighted by molar-refractivity contribution is -0.718. The van der Waals surface area contributed by atoms with Crippen molar-refractivity contribution in [2.75, 3.05) is 12.5 Å². The summed E-state index contributed by atoms with van der Waals surface area (Å²) in [6.07, 6.45) is 6.65. The van der Waals surface area contributed by atoms with Gasteiger partial charge in [0.15, 0.2) is 0 Å². The number of nitrogens with zero attached hydrogens (tertiary/aromatic N) is 2. The van der Waals surface area contributed by atoms with E-state index in [0.29, 0.717) is 0 Å². The van der Waals surface area contributed by atoms with Gasteiger partial charge in [-0.25, -0.2) is 0 Å². The molecular weight excluding hydrogens is 380 g/mol. The zero-order valence-corrected chi connectivity index (χ0v) is 18.1. The number of fused-ring (bicyclic) bond motifs is 2. The molecule has 0 aliphatic carbocycles. The van der Waals surface area contributed by atoms with Gasteiger partial charge in [0.1, 0.15) is 13.1 Å². The molecule has 2 aromatic heterocycles. The summed E-state index contributed by atoms with van der Waals surface area (Å²) >= 11 is 3.65. The van der Waals surface area contributed by atoms with Gasteiger partial charge in [-0.2, -0.15) is 9.13 Å². The van der Waals surface area contributed by atoms with E-state index in [4.69, 9.17) is 0 Å². The van der Waals surface area contributed by atoms with Crippen LogP contribution in [-0.2, 0) is 13.1 Å². The van der Waals surface area contributed by atoms with Gasteiger partial charge in [-0.15, -0.1) is 0 Å². The van der Waals surface area contributed by atoms with E-state index in [1.807, 2.05) is 23.5 Å². The summed E-state index contributed by atoms with van der Waals surface area (Å²) < 4.78 is 4.95. The highest BCUT2D eigenvalue weighted by molar-refractivity contribution is 7.98. The van der Waals surface area contributed by atoms with E-state index in [-0.39, 0.29) is 0 Å². The predicted molar refractivity (Wildman–Crippen MR) is 121 cm³/mol. The molecule has 4 rings (SSSR count). The molecule has 0 bridgehead atoms. The summed E-state index contributed by atoms with van der Waals surface area (Å²) in [7, 11) is 0. The number of pyridine rings is 2. The van der Waals surface area contributed by atoms with E-state index in [9.17, 15) is 0 Å². The third-order valence-electron chi connectivity index (χ3n) is 5.23. The summed E-state index contributed by atoms with van der Waals surface area (Å²) in [6.45, 7) is 2.11. The van der Waals surface area contributed by atoms with Crippen LogP contribution in [0.1, 0.15) is 12.8 Å². The molecule has 0 saturated heterocycles. The fraction of sp³-hybridized carbons (Fsp3) is 0.250. The van der Waals surface area contributed by atoms with E-state index in [1.165, 1.54) is 31.9 Å². The lowest BCUT2D eigenvalue weighted by atomic mass is 10.2. The molecular formula is C24H26N2S2+2. The first-order valence-electron chi connectivity index (χ1n) is 9.73. The van der Waals surface area contributed by atoms with Crippen molar-refractivity contribution in [1.82, 2.24) is 0 Å². The van der Waals surface area contributed by atoms with Crippen molar-refractivity contribution in [2.45, 2.75) is 36.0 Å². The fourth-order valence-electron chi connectivity index (χ4n) is 3.85. The Morgan fingerprint density at radius 3 is 1.43 bits per heavy atom. The number of hydrogen-bond donors (Lipinski definition) is 0. The molecule has 0 radical (unpaired) electrons. The summed E-state index contributed by atoms with van der Waals surface area (Å²) in [5.74, 6) is 0. The van der Waals surface area contributed by atoms with Crippen molar-refractivity contribution < 1.29 is 9.13 Å². The lowest BCUT2D eigenvalue weighted by Gasteiger charge is -2.07. The third kappa shape index (κ3) is 3.89. The molecule has 142 valence electrons. The largest absolute Gasteiger partial charge is 0.240 e. The molecule has 2 aromatic carbocycles. The Labute approximate surface area is 175 Å². The van der Waals surface area contributed by atoms with Crippen molar-refractivity contribution in [2.24, 2.45) is 0 Å². The zero-order chi connectivity index (χ0) is 19.3. The van der Waals surface area contributed by atoms with Gasteiger partial charge >= 0.3 is 0 Å². The molecule has 0 saturated carbocycles. The molecule has 0 unspecified atom stereocenters. The predicted octanol–water partition coefficient (Wildman–Crippen LogP) is 5.49. The fourth-order valence-corrected chi connectivity index (χ4v) is 5.07. The Bertz CT molecular complexity index is 1020. The van der Waals surface area contributed by atoms with Gasteiger partial charge in [0, 0.05) is 47.9 Å². The minimum Gasteiger partial charge on any atom is -0.186 e. The van der Waals surface area contributed by atoms with Crippen LogP contribution in [-0.4, -0.2) is 12.5 Å². The molecule has 0 aliphatic rings. The van der Waals surface area contributed by atoms with Crippen LogP contribution in [0.15, 0.2) is 82.8 Å². The molecule has 4 heteroatoms. The number of unbranched alkanes of at least 4 members (excludes halogenated alkanes) is 1. The second-order valence-electron chi connectivity index (χ2n) is 6.88. The first-order chi connectivity index (χ1) is 13.8. The van der Waals surface area contributed by atoms with Crippen LogP contribution >= 0.6 is 23.5 Å². The minimum absolute atomic E-state index is 1.05. The molecule has 0 fully saturated rings. The van der Waals surface area contributed by atoms with Crippen molar-refractivity contribution in [3.63, 3.8) is 0 Å². The molecule has 0 N–H and O–H groups in total. The second kappa shape index (κ2) is 8.97. The summed E-state index contributed by atoms with van der Waals surface area (Å²) in [5, 5.41) is 5.30. The maximum absolute atomic E-state index is 2.48. The van der Waals surface area contributed by atoms with Crippen molar-refractivity contribution in [3.05, 3.63) is 72.8 Å². The van der Waals surface area contributed by atoms with Gasteiger partial charge < -0.3 is 0 Å². The lowest BCUT2D eigenvalue weighted by Crippen LogP contribution is -2.39. The van der Waals surface area contributed by atoms with E-state index >= 15 is 0 Å². The highest BCUT2D eigenvalue weighted by Gasteiger charge is 2.17. The SMILES string of the molecule is CSc1ccc2ccccc2[n+]1CCCC[n+]1c(SC)ccc2ccccc21. The molecule has 2 heterocycles. The Morgan fingerprint density at radius 2 is 1.00 bits per heavy atom. The number of benzene rings is 2. The number of rotatable bonds is 7. The van der Waals surface area contributed by atoms with Gasteiger partial charge in [0.25, 0.3) is 0 Å². The normalized spacial score (nSPS) is 11.4. The van der Waals surface area contributed by atoms with E-state index in [1.54, 1.807) is 0 Å². The van der Waals surface area contributed by atoms with Gasteiger partial charge in [0.05, 0.1) is 0 Å². The first-order valence-corrected chi connectivity index (χ1v) is 12.2. The maximum Gasteiger partial charge on any atom is 0.240 e. The Hall–Kier alpha value is -2.04. The number of para-hydroxylation sites is 2. The molecule has 0 spiro atoms. The second-order valence-corrected chi connectivity index (χ2v) is 8.53. The van der Waals surface area contributed by atoms with Crippen molar-refractivity contribution >= 4 is 45.3 Å². The smallest absolute Gasteiger partial charge is 0.186 e. The van der Waals surface area contributed by atoms with Gasteiger partial charge in [0.2, 0.25) is 21.1 Å². The zero-order valence-electron chi connectivity index (χ0n) is 16.5. The van der Waals surface area contributed by atoms with Gasteiger partial charge in [-0.3, -0.25) is 0 Å². The van der Waals surface area contributed by atoms with Crippen LogP contribution < -0.4 is 9.13 Å². The minimum atomic E-state index is 1.05. The topological polar surface area (TPSA) is 7.76 Å². The summed E-state index contributed by atoms with van der Waals surface area (Å²) in [4.78, 5) is 0. The van der Waals surface area contributed by atoms with Crippen LogP contribution in [0.25, 0.3) is 21.8 Å². The number of hydrogen-bond acceptors (Lipinski definition) is 2. The van der Waals surface area contributed by atoms with Crippen LogP contribution in [0, 0.1) is 0 Å². The van der Waals surface area contributed by atoms with E-state index in [0.717, 1.165) is 25.9 Å². The molecule has 0 atom stereocenters. The monoisotopic (exact) mass is 406 g/mol. The van der Waals surface area contributed by atoms with Crippen LogP contribution in [0.3, 0.4) is 0 Å². The van der Waals surface area contributed by atoms with Gasteiger partial charge in [-0.05, 0) is 36.8 Å². The third-order valence-corrected chi connectivity index (χ3v) is 6.78. The maximum atomic E-state index is 2.48. The Morgan fingerprint density at radius 1 is 0.571 bits per heavy atom. The molecule has 4 aromatic rings. The Balaban J connectivity index is 1.53. The number of aromatic nitrogens is 2. The Kier molecular flexibility index (Phi) is 6.18. The average molecular weight is 407 g/mol. The quantitative estimate of drug-likeness (QED) is 0.228. The van der Waals surface area contributed by atoms with Crippen LogP contribution in [0.4, 0.5) is 0 Å². The number of thioether (sulfide) groups is 2. The molecule has 0 amide bonds. The first kappa shape index (κ1) is 19.3. The highest BCUT2D eigenvalue weighted by Crippen LogP contribution is 2.18. The van der Waals surface area contributed by atoms with Gasteiger partial charge in [-0.1, -0.05) is 47.8 Å². The molecule has 28 heavy (non-hydrogen) atoms. The molecule has 2 nitrogen and oxygen atoms in total. The highest BCUT2D eigenvalue weighted by atomic mass is 32.2. The van der Waals surface area contributed by atoms with Crippen LogP contribution in [0.2, 0.25) is 0 Å². The van der Waals surface area contributed by atoms with Crippen LogP contribution in [0.5, 0.6) is 0 Å². The summed E-state index contributed by atoms with van der Waals surface area (Å²) in [6, 6.07) is 26.3. The summed E-state index contributed by atoms with van der Waals surface area (Å²) in [5.41, 5.74) is 2.66. The number of aryl methyl sites for hydroxylation is 2.